The van der Waals surface area contributed by atoms with E-state index < -0.39 is 112 Å². The number of benzene rings is 3. The lowest BCUT2D eigenvalue weighted by atomic mass is 9.44. The van der Waals surface area contributed by atoms with Gasteiger partial charge in [-0.2, -0.15) is 12.6 Å². The maximum atomic E-state index is 16.0. The minimum Gasteiger partial charge on any atom is -0.456 e. The van der Waals surface area contributed by atoms with Crippen LogP contribution in [0.5, 0.6) is 0 Å². The summed E-state index contributed by atoms with van der Waals surface area (Å²) >= 11 is 4.39. The molecule has 11 atom stereocenters. The Balaban J connectivity index is 1.42. The Morgan fingerprint density at radius 1 is 0.910 bits per heavy atom. The van der Waals surface area contributed by atoms with Gasteiger partial charge in [-0.3, -0.25) is 14.4 Å². The van der Waals surface area contributed by atoms with Crippen LogP contribution in [0.3, 0.4) is 0 Å². The highest BCUT2D eigenvalue weighted by molar-refractivity contribution is 7.80. The highest BCUT2D eigenvalue weighted by Gasteiger charge is 2.78. The van der Waals surface area contributed by atoms with Crippen LogP contribution >= 0.6 is 12.6 Å². The summed E-state index contributed by atoms with van der Waals surface area (Å²) in [7, 11) is 0. The van der Waals surface area contributed by atoms with E-state index in [0.29, 0.717) is 16.7 Å². The van der Waals surface area contributed by atoms with Crippen molar-refractivity contribution in [3.05, 3.63) is 119 Å². The van der Waals surface area contributed by atoms with Crippen LogP contribution in [0.4, 0.5) is 4.39 Å². The number of hydrogen-bond acceptors (Lipinski definition) is 14. The first-order chi connectivity index (χ1) is 31.9. The van der Waals surface area contributed by atoms with E-state index in [1.54, 1.807) is 102 Å². The molecule has 16 heteroatoms. The number of esters is 3. The first-order valence-corrected chi connectivity index (χ1v) is 23.3. The molecule has 3 aromatic rings. The summed E-state index contributed by atoms with van der Waals surface area (Å²) in [6.45, 7) is 11.3. The number of Topliss-reactive ketones (excluding diaryl/α,β-unsaturated/α-hetero) is 1. The van der Waals surface area contributed by atoms with Gasteiger partial charge in [-0.1, -0.05) is 62.4 Å². The minimum atomic E-state index is -2.27. The molecule has 3 aliphatic carbocycles. The van der Waals surface area contributed by atoms with E-state index in [2.05, 4.69) is 17.9 Å². The van der Waals surface area contributed by atoms with Crippen LogP contribution in [0.15, 0.2) is 96.1 Å². The van der Waals surface area contributed by atoms with Gasteiger partial charge in [-0.15, -0.1) is 0 Å². The number of aliphatic hydroxyl groups is 1. The number of ether oxygens (including phenoxy) is 7. The number of amides is 1. The zero-order valence-electron chi connectivity index (χ0n) is 38.8. The van der Waals surface area contributed by atoms with E-state index in [1.807, 2.05) is 0 Å². The molecule has 67 heavy (non-hydrogen) atoms. The van der Waals surface area contributed by atoms with E-state index in [4.69, 9.17) is 33.2 Å². The topological polar surface area (TPSA) is 182 Å². The van der Waals surface area contributed by atoms with E-state index in [9.17, 15) is 28.7 Å². The third-order valence-corrected chi connectivity index (χ3v) is 14.5. The number of rotatable bonds is 16. The SMILES string of the molecule is CCO[C@H]1C(=O)[C@@]2(C)C(C(OC(=O)c3ccc(F)cc3)[C@]3(O)C[C@H](OC(=O)[C@H](OCC)[C@@H](NC(=O)c4ccccc4)c4ccccc4)C(C)=C1C3(C)C)[C@]1(OC(C)=O)CO[C@@H]1C[C@@H]2OCCS. The van der Waals surface area contributed by atoms with Gasteiger partial charge in [0.05, 0.1) is 42.3 Å². The first-order valence-electron chi connectivity index (χ1n) is 22.7. The van der Waals surface area contributed by atoms with Crippen LogP contribution in [-0.2, 0) is 47.5 Å². The number of carbonyl (C=O) groups excluding carboxylic acids is 5. The molecule has 0 spiro atoms. The molecule has 1 amide bonds. The average Bonchev–Trinajstić information content (AvgIpc) is 3.30. The highest BCUT2D eigenvalue weighted by Crippen LogP contribution is 2.65. The molecule has 2 unspecified atom stereocenters. The quantitative estimate of drug-likeness (QED) is 0.0627. The molecule has 2 bridgehead atoms. The van der Waals surface area contributed by atoms with Gasteiger partial charge in [0.25, 0.3) is 5.91 Å². The molecule has 3 aromatic carbocycles. The van der Waals surface area contributed by atoms with Crippen LogP contribution in [0.25, 0.3) is 0 Å². The van der Waals surface area contributed by atoms with Crippen molar-refractivity contribution in [2.75, 3.05) is 32.2 Å². The molecule has 1 aliphatic heterocycles. The maximum absolute atomic E-state index is 16.0. The van der Waals surface area contributed by atoms with Crippen LogP contribution in [0.2, 0.25) is 0 Å². The molecule has 2 saturated carbocycles. The van der Waals surface area contributed by atoms with Crippen molar-refractivity contribution in [3.8, 4) is 0 Å². The summed E-state index contributed by atoms with van der Waals surface area (Å²) < 4.78 is 58.7. The number of fused-ring (bicyclic) bond motifs is 5. The number of hydrogen-bond donors (Lipinski definition) is 3. The lowest BCUT2D eigenvalue weighted by Gasteiger charge is -2.68. The fourth-order valence-corrected chi connectivity index (χ4v) is 11.1. The summed E-state index contributed by atoms with van der Waals surface area (Å²) in [6.07, 6.45) is -8.07. The predicted molar refractivity (Wildman–Crippen MR) is 245 cm³/mol. The van der Waals surface area contributed by atoms with Gasteiger partial charge < -0.3 is 43.6 Å². The molecule has 4 aliphatic rings. The first kappa shape index (κ1) is 49.9. The van der Waals surface area contributed by atoms with Crippen LogP contribution < -0.4 is 5.32 Å². The van der Waals surface area contributed by atoms with Crippen molar-refractivity contribution in [3.63, 3.8) is 0 Å². The lowest BCUT2D eigenvalue weighted by molar-refractivity contribution is -0.348. The fourth-order valence-electron chi connectivity index (χ4n) is 11.0. The molecule has 360 valence electrons. The third kappa shape index (κ3) is 8.96. The number of ketones is 1. The van der Waals surface area contributed by atoms with Gasteiger partial charge in [-0.25, -0.2) is 14.0 Å². The number of nitrogens with one attached hydrogen (secondary N) is 1. The van der Waals surface area contributed by atoms with Crippen molar-refractivity contribution in [1.82, 2.24) is 5.32 Å². The van der Waals surface area contributed by atoms with Crippen LogP contribution in [-0.4, -0.2) is 115 Å². The molecule has 14 nitrogen and oxygen atoms in total. The van der Waals surface area contributed by atoms with E-state index in [1.165, 1.54) is 19.1 Å². The number of carbonyl (C=O) groups is 5. The summed E-state index contributed by atoms with van der Waals surface area (Å²) in [5, 5.41) is 17.0. The molecular weight excluding hydrogens is 886 g/mol. The molecule has 0 aromatic heterocycles. The number of halogens is 1. The van der Waals surface area contributed by atoms with Crippen molar-refractivity contribution in [2.24, 2.45) is 16.7 Å². The van der Waals surface area contributed by atoms with Crippen LogP contribution in [0.1, 0.15) is 93.6 Å². The second-order valence-electron chi connectivity index (χ2n) is 18.3. The molecule has 0 radical (unpaired) electrons. The van der Waals surface area contributed by atoms with Crippen molar-refractivity contribution < 1.29 is 66.6 Å². The van der Waals surface area contributed by atoms with Crippen molar-refractivity contribution >= 4 is 42.2 Å². The Bertz CT molecular complexity index is 2350. The zero-order valence-corrected chi connectivity index (χ0v) is 39.7. The third-order valence-electron chi connectivity index (χ3n) is 14.3. The lowest BCUT2D eigenvalue weighted by Crippen LogP contribution is -2.82. The van der Waals surface area contributed by atoms with Gasteiger partial charge in [0, 0.05) is 49.7 Å². The van der Waals surface area contributed by atoms with Gasteiger partial charge in [0.1, 0.15) is 35.8 Å². The minimum absolute atomic E-state index is 0.0329. The van der Waals surface area contributed by atoms with Gasteiger partial charge in [-0.05, 0) is 80.8 Å². The van der Waals surface area contributed by atoms with Gasteiger partial charge >= 0.3 is 17.9 Å². The van der Waals surface area contributed by atoms with E-state index in [0.717, 1.165) is 12.1 Å². The van der Waals surface area contributed by atoms with Gasteiger partial charge in [0.2, 0.25) is 0 Å². The largest absolute Gasteiger partial charge is 0.456 e. The Morgan fingerprint density at radius 2 is 1.57 bits per heavy atom. The normalized spacial score (nSPS) is 30.5. The summed E-state index contributed by atoms with van der Waals surface area (Å²) in [5.74, 6) is -5.29. The summed E-state index contributed by atoms with van der Waals surface area (Å²) in [5.41, 5.74) is -5.69. The molecule has 3 fully saturated rings. The molecule has 2 N–H and O–H groups in total. The summed E-state index contributed by atoms with van der Waals surface area (Å²) in [6, 6.07) is 20.9. The average molecular weight is 946 g/mol. The van der Waals surface area contributed by atoms with Gasteiger partial charge in [0.15, 0.2) is 17.5 Å². The second-order valence-corrected chi connectivity index (χ2v) is 18.8. The Kier molecular flexibility index (Phi) is 14.9. The summed E-state index contributed by atoms with van der Waals surface area (Å²) in [4.78, 5) is 72.5. The molecule has 1 saturated heterocycles. The fraction of sp³-hybridized carbons (Fsp3) is 0.510. The van der Waals surface area contributed by atoms with E-state index >= 15 is 4.79 Å². The molecule has 1 heterocycles. The monoisotopic (exact) mass is 945 g/mol. The molecular formula is C51H60FNO13S. The predicted octanol–water partition coefficient (Wildman–Crippen LogP) is 6.35. The smallest absolute Gasteiger partial charge is 0.338 e. The standard InChI is InChI=1S/C51H60FNO13S/c1-8-60-40-38-29(3)35(64-47(58)41(61-9-2)39(31-16-12-10-13-17-31)53-45(56)32-18-14-11-15-19-32)27-51(59,48(38,5)6)44(65-46(57)33-20-22-34(52)23-21-33)42-49(7,43(40)55)36(62-24-25-67)26-37-50(42,28-63-37)66-30(4)54/h10-23,35-37,39-42,44,59,67H,8-9,24-28H2,1-7H3,(H,53,56)/t35-,36-,37+,39-,40+,41+,42?,44?,49+,50-,51+/m0/s1. The second kappa shape index (κ2) is 19.9. The Morgan fingerprint density at radius 3 is 2.15 bits per heavy atom. The highest BCUT2D eigenvalue weighted by atomic mass is 32.1. The van der Waals surface area contributed by atoms with Crippen molar-refractivity contribution in [2.45, 2.75) is 115 Å². The zero-order chi connectivity index (χ0) is 48.5. The van der Waals surface area contributed by atoms with E-state index in [-0.39, 0.29) is 49.7 Å². The van der Waals surface area contributed by atoms with Crippen LogP contribution in [0, 0.1) is 22.6 Å². The Hall–Kier alpha value is -4.97. The Labute approximate surface area is 395 Å². The maximum Gasteiger partial charge on any atom is 0.338 e. The molecule has 7 rings (SSSR count). The van der Waals surface area contributed by atoms with Crippen molar-refractivity contribution in [1.29, 1.82) is 0 Å². The number of thiol groups is 1.